The van der Waals surface area contributed by atoms with E-state index in [-0.39, 0.29) is 17.3 Å². The molecule has 5 heteroatoms. The van der Waals surface area contributed by atoms with E-state index < -0.39 is 10.1 Å². The summed E-state index contributed by atoms with van der Waals surface area (Å²) in [4.78, 5) is 0. The van der Waals surface area contributed by atoms with Crippen LogP contribution in [-0.2, 0) is 15.5 Å². The fourth-order valence-corrected chi connectivity index (χ4v) is 2.76. The molecule has 0 aromatic heterocycles. The van der Waals surface area contributed by atoms with Gasteiger partial charge >= 0.3 is 0 Å². The van der Waals surface area contributed by atoms with Gasteiger partial charge in [0.25, 0.3) is 10.1 Å². The molecule has 1 aliphatic heterocycles. The summed E-state index contributed by atoms with van der Waals surface area (Å²) in [5.41, 5.74) is 0.849. The predicted octanol–water partition coefficient (Wildman–Crippen LogP) is 2.00. The van der Waals surface area contributed by atoms with Crippen LogP contribution in [0.15, 0.2) is 24.3 Å². The first-order valence-corrected chi connectivity index (χ1v) is 7.13. The zero-order valence-corrected chi connectivity index (χ0v) is 10.7. The monoisotopic (exact) mass is 256 g/mol. The van der Waals surface area contributed by atoms with Gasteiger partial charge in [-0.15, -0.1) is 0 Å². The molecule has 1 aromatic carbocycles. The minimum atomic E-state index is -3.93. The van der Waals surface area contributed by atoms with Gasteiger partial charge in [0.05, 0.1) is 5.75 Å². The second-order valence-corrected chi connectivity index (χ2v) is 6.47. The average molecular weight is 256 g/mol. The first-order chi connectivity index (χ1) is 7.81. The molecule has 1 aromatic rings. The van der Waals surface area contributed by atoms with E-state index in [1.807, 2.05) is 38.1 Å². The lowest BCUT2D eigenvalue weighted by Crippen LogP contribution is -2.33. The highest BCUT2D eigenvalue weighted by molar-refractivity contribution is 7.85. The number of ether oxygens (including phenoxy) is 1. The highest BCUT2D eigenvalue weighted by Gasteiger charge is 2.41. The number of hydrogen-bond donors (Lipinski definition) is 1. The molecule has 0 fully saturated rings. The van der Waals surface area contributed by atoms with Crippen LogP contribution in [0.3, 0.4) is 0 Å². The summed E-state index contributed by atoms with van der Waals surface area (Å²) in [6.07, 6.45) is 0.0716. The molecule has 1 heterocycles. The standard InChI is InChI=1S/C12H16O4S/c1-12(2)9-5-3-4-6-10(9)16-11(12)7-8-17(13,14)15/h3-6,11H,7-8H2,1-2H3,(H,13,14,15). The fourth-order valence-electron chi connectivity index (χ4n) is 2.25. The van der Waals surface area contributed by atoms with Crippen molar-refractivity contribution in [3.8, 4) is 5.75 Å². The minimum Gasteiger partial charge on any atom is -0.489 e. The quantitative estimate of drug-likeness (QED) is 0.840. The molecular weight excluding hydrogens is 240 g/mol. The molecule has 0 saturated heterocycles. The van der Waals surface area contributed by atoms with Crippen LogP contribution < -0.4 is 4.74 Å². The minimum absolute atomic E-state index is 0.221. The van der Waals surface area contributed by atoms with Crippen molar-refractivity contribution in [1.82, 2.24) is 0 Å². The van der Waals surface area contributed by atoms with Crippen LogP contribution in [0.2, 0.25) is 0 Å². The van der Waals surface area contributed by atoms with Crippen molar-refractivity contribution in [2.24, 2.45) is 0 Å². The number of para-hydroxylation sites is 1. The Morgan fingerprint density at radius 3 is 2.59 bits per heavy atom. The number of fused-ring (bicyclic) bond motifs is 1. The van der Waals surface area contributed by atoms with Crippen LogP contribution in [0.5, 0.6) is 5.75 Å². The number of rotatable bonds is 3. The third-order valence-electron chi connectivity index (χ3n) is 3.29. The van der Waals surface area contributed by atoms with E-state index in [0.717, 1.165) is 11.3 Å². The fraction of sp³-hybridized carbons (Fsp3) is 0.500. The van der Waals surface area contributed by atoms with Crippen LogP contribution in [-0.4, -0.2) is 24.8 Å². The maximum Gasteiger partial charge on any atom is 0.264 e. The first kappa shape index (κ1) is 12.4. The molecule has 2 rings (SSSR count). The molecule has 1 N–H and O–H groups in total. The van der Waals surface area contributed by atoms with E-state index in [4.69, 9.17) is 9.29 Å². The van der Waals surface area contributed by atoms with E-state index in [0.29, 0.717) is 6.42 Å². The summed E-state index contributed by atoms with van der Waals surface area (Å²) >= 11 is 0. The molecule has 0 saturated carbocycles. The molecule has 1 unspecified atom stereocenters. The summed E-state index contributed by atoms with van der Waals surface area (Å²) in [5.74, 6) is 0.535. The van der Waals surface area contributed by atoms with E-state index in [2.05, 4.69) is 0 Å². The van der Waals surface area contributed by atoms with Crippen molar-refractivity contribution < 1.29 is 17.7 Å². The van der Waals surface area contributed by atoms with Crippen molar-refractivity contribution in [1.29, 1.82) is 0 Å². The Balaban J connectivity index is 2.19. The largest absolute Gasteiger partial charge is 0.489 e. The Hall–Kier alpha value is -1.07. The van der Waals surface area contributed by atoms with Crippen molar-refractivity contribution in [3.05, 3.63) is 29.8 Å². The van der Waals surface area contributed by atoms with Crippen molar-refractivity contribution in [2.45, 2.75) is 31.8 Å². The van der Waals surface area contributed by atoms with E-state index >= 15 is 0 Å². The summed E-state index contributed by atoms with van der Waals surface area (Å²) in [6, 6.07) is 7.70. The highest BCUT2D eigenvalue weighted by Crippen LogP contribution is 2.43. The molecule has 1 aliphatic rings. The maximum absolute atomic E-state index is 10.8. The lowest BCUT2D eigenvalue weighted by molar-refractivity contribution is 0.161. The van der Waals surface area contributed by atoms with Gasteiger partial charge < -0.3 is 4.74 Å². The lowest BCUT2D eigenvalue weighted by atomic mass is 9.80. The van der Waals surface area contributed by atoms with Gasteiger partial charge in [-0.05, 0) is 6.07 Å². The van der Waals surface area contributed by atoms with Crippen LogP contribution >= 0.6 is 0 Å². The van der Waals surface area contributed by atoms with Gasteiger partial charge in [0, 0.05) is 17.4 Å². The van der Waals surface area contributed by atoms with Gasteiger partial charge in [-0.3, -0.25) is 4.55 Å². The van der Waals surface area contributed by atoms with Gasteiger partial charge in [0.1, 0.15) is 11.9 Å². The zero-order chi connectivity index (χ0) is 12.7. The number of hydrogen-bond acceptors (Lipinski definition) is 3. The Morgan fingerprint density at radius 2 is 2.00 bits per heavy atom. The molecule has 94 valence electrons. The maximum atomic E-state index is 10.8. The summed E-state index contributed by atoms with van der Waals surface area (Å²) in [6.45, 7) is 4.04. The van der Waals surface area contributed by atoms with E-state index in [1.165, 1.54) is 0 Å². The lowest BCUT2D eigenvalue weighted by Gasteiger charge is -2.25. The van der Waals surface area contributed by atoms with Crippen LogP contribution in [0, 0.1) is 0 Å². The van der Waals surface area contributed by atoms with Gasteiger partial charge in [0.2, 0.25) is 0 Å². The Bertz CT molecular complexity index is 519. The van der Waals surface area contributed by atoms with E-state index in [9.17, 15) is 8.42 Å². The summed E-state index contributed by atoms with van der Waals surface area (Å²) < 4.78 is 36.1. The SMILES string of the molecule is CC1(C)c2ccccc2OC1CCS(=O)(=O)O. The zero-order valence-electron chi connectivity index (χ0n) is 9.88. The highest BCUT2D eigenvalue weighted by atomic mass is 32.2. The molecule has 0 amide bonds. The third-order valence-corrected chi connectivity index (χ3v) is 4.05. The van der Waals surface area contributed by atoms with Crippen LogP contribution in [0.1, 0.15) is 25.8 Å². The Kier molecular flexibility index (Phi) is 2.91. The summed E-state index contributed by atoms with van der Waals surface area (Å²) in [7, 11) is -3.93. The molecule has 0 aliphatic carbocycles. The third kappa shape index (κ3) is 2.45. The molecule has 0 bridgehead atoms. The van der Waals surface area contributed by atoms with Gasteiger partial charge in [-0.2, -0.15) is 8.42 Å². The molecule has 17 heavy (non-hydrogen) atoms. The Morgan fingerprint density at radius 1 is 1.35 bits per heavy atom. The molecule has 1 atom stereocenters. The summed E-state index contributed by atoms with van der Waals surface area (Å²) in [5, 5.41) is 0. The second kappa shape index (κ2) is 3.99. The topological polar surface area (TPSA) is 63.6 Å². The normalized spacial score (nSPS) is 21.9. The van der Waals surface area contributed by atoms with E-state index in [1.54, 1.807) is 0 Å². The molecule has 4 nitrogen and oxygen atoms in total. The first-order valence-electron chi connectivity index (χ1n) is 5.52. The average Bonchev–Trinajstić information content (AvgIpc) is 2.47. The van der Waals surface area contributed by atoms with Crippen molar-refractivity contribution >= 4 is 10.1 Å². The van der Waals surface area contributed by atoms with Gasteiger partial charge in [-0.1, -0.05) is 32.0 Å². The van der Waals surface area contributed by atoms with Gasteiger partial charge in [0.15, 0.2) is 0 Å². The molecule has 0 radical (unpaired) electrons. The molecular formula is C12H16O4S. The molecule has 0 spiro atoms. The smallest absolute Gasteiger partial charge is 0.264 e. The van der Waals surface area contributed by atoms with Crippen molar-refractivity contribution in [2.75, 3.05) is 5.75 Å². The van der Waals surface area contributed by atoms with Crippen molar-refractivity contribution in [3.63, 3.8) is 0 Å². The Labute approximate surface area is 101 Å². The number of benzene rings is 1. The predicted molar refractivity (Wildman–Crippen MR) is 64.9 cm³/mol. The van der Waals surface area contributed by atoms with Crippen LogP contribution in [0.4, 0.5) is 0 Å². The van der Waals surface area contributed by atoms with Crippen LogP contribution in [0.25, 0.3) is 0 Å². The second-order valence-electron chi connectivity index (χ2n) is 4.90. The van der Waals surface area contributed by atoms with Gasteiger partial charge in [-0.25, -0.2) is 0 Å².